The van der Waals surface area contributed by atoms with E-state index in [2.05, 4.69) is 0 Å². The van der Waals surface area contributed by atoms with Gasteiger partial charge in [-0.1, -0.05) is 6.07 Å². The minimum absolute atomic E-state index is 0.0351. The van der Waals surface area contributed by atoms with E-state index in [4.69, 9.17) is 15.2 Å². The number of Topliss-reactive ketones (excluding diaryl/α,β-unsaturated/α-hetero) is 1. The Morgan fingerprint density at radius 2 is 1.81 bits per heavy atom. The second-order valence-corrected chi connectivity index (χ2v) is 3.38. The Balaban J connectivity index is 2.86. The van der Waals surface area contributed by atoms with Crippen molar-refractivity contribution in [1.29, 1.82) is 0 Å². The third-order valence-electron chi connectivity index (χ3n) is 2.41. The highest BCUT2D eigenvalue weighted by Gasteiger charge is 2.10. The molecule has 0 saturated carbocycles. The topological polar surface area (TPSA) is 61.5 Å². The highest BCUT2D eigenvalue weighted by molar-refractivity contribution is 5.80. The number of hydrogen-bond donors (Lipinski definition) is 1. The van der Waals surface area contributed by atoms with Gasteiger partial charge in [-0.25, -0.2) is 0 Å². The smallest absolute Gasteiger partial charge is 0.146 e. The quantitative estimate of drug-likeness (QED) is 0.786. The summed E-state index contributed by atoms with van der Waals surface area (Å²) in [7, 11) is 3.20. The monoisotopic (exact) mass is 223 g/mol. The third-order valence-corrected chi connectivity index (χ3v) is 2.41. The molecule has 0 fully saturated rings. The molecule has 4 nitrogen and oxygen atoms in total. The number of nitrogens with two attached hydrogens (primary N) is 1. The molecule has 1 aromatic carbocycles. The maximum absolute atomic E-state index is 11.2. The molecule has 1 aromatic rings. The summed E-state index contributed by atoms with van der Waals surface area (Å²) in [6.45, 7) is 0.0808. The summed E-state index contributed by atoms with van der Waals surface area (Å²) in [4.78, 5) is 11.2. The van der Waals surface area contributed by atoms with E-state index in [1.54, 1.807) is 14.2 Å². The number of rotatable bonds is 6. The Morgan fingerprint density at radius 3 is 2.25 bits per heavy atom. The lowest BCUT2D eigenvalue weighted by molar-refractivity contribution is -0.117. The van der Waals surface area contributed by atoms with Gasteiger partial charge in [0.1, 0.15) is 17.3 Å². The Kier molecular flexibility index (Phi) is 4.79. The van der Waals surface area contributed by atoms with Crippen molar-refractivity contribution in [3.63, 3.8) is 0 Å². The van der Waals surface area contributed by atoms with E-state index in [9.17, 15) is 4.79 Å². The normalized spacial score (nSPS) is 9.94. The van der Waals surface area contributed by atoms with Crippen molar-refractivity contribution in [2.75, 3.05) is 20.8 Å². The molecule has 0 atom stereocenters. The van der Waals surface area contributed by atoms with Gasteiger partial charge in [0.15, 0.2) is 0 Å². The summed E-state index contributed by atoms with van der Waals surface area (Å²) >= 11 is 0. The minimum Gasteiger partial charge on any atom is -0.496 e. The molecule has 0 unspecified atom stereocenters. The molecule has 2 N–H and O–H groups in total. The minimum atomic E-state index is 0.0351. The lowest BCUT2D eigenvalue weighted by atomic mass is 10.1. The van der Waals surface area contributed by atoms with Crippen molar-refractivity contribution in [3.05, 3.63) is 23.8 Å². The molecule has 0 aliphatic carbocycles. The third kappa shape index (κ3) is 2.97. The maximum Gasteiger partial charge on any atom is 0.146 e. The lowest BCUT2D eigenvalue weighted by Crippen LogP contribution is -2.14. The molecule has 0 spiro atoms. The number of methoxy groups -OCH3 is 2. The Bertz CT molecular complexity index is 341. The highest BCUT2D eigenvalue weighted by atomic mass is 16.5. The van der Waals surface area contributed by atoms with Gasteiger partial charge in [-0.05, 0) is 18.6 Å². The molecule has 4 heteroatoms. The average Bonchev–Trinajstić information content (AvgIpc) is 2.35. The van der Waals surface area contributed by atoms with Gasteiger partial charge in [0.2, 0.25) is 0 Å². The molecule has 0 aliphatic heterocycles. The molecule has 0 bridgehead atoms. The van der Waals surface area contributed by atoms with Crippen LogP contribution in [0.1, 0.15) is 12.0 Å². The molecule has 0 amide bonds. The van der Waals surface area contributed by atoms with Gasteiger partial charge in [0.25, 0.3) is 0 Å². The first kappa shape index (κ1) is 12.5. The number of benzene rings is 1. The molecule has 0 aliphatic rings. The van der Waals surface area contributed by atoms with Crippen LogP contribution >= 0.6 is 0 Å². The zero-order valence-electron chi connectivity index (χ0n) is 9.66. The van der Waals surface area contributed by atoms with Gasteiger partial charge < -0.3 is 15.2 Å². The molecule has 0 saturated heterocycles. The Labute approximate surface area is 95.3 Å². The second kappa shape index (κ2) is 6.12. The summed E-state index contributed by atoms with van der Waals surface area (Å²) < 4.78 is 10.5. The number of carbonyl (C=O) groups excluding carboxylic acids is 1. The first-order valence-corrected chi connectivity index (χ1v) is 5.14. The van der Waals surface area contributed by atoms with E-state index in [1.165, 1.54) is 0 Å². The van der Waals surface area contributed by atoms with Crippen LogP contribution in [0.5, 0.6) is 11.5 Å². The van der Waals surface area contributed by atoms with Crippen LogP contribution in [0.25, 0.3) is 0 Å². The molecule has 0 aromatic heterocycles. The van der Waals surface area contributed by atoms with Crippen LogP contribution in [0.2, 0.25) is 0 Å². The predicted octanol–water partition coefficient (Wildman–Crippen LogP) is 1.16. The standard InChI is InChI=1S/C12H17NO3/c1-15-11-4-3-5-12(16-2)10(11)7-6-9(14)8-13/h3-5H,6-8,13H2,1-2H3. The van der Waals surface area contributed by atoms with Gasteiger partial charge in [0, 0.05) is 12.0 Å². The molecular weight excluding hydrogens is 206 g/mol. The number of hydrogen-bond acceptors (Lipinski definition) is 4. The summed E-state index contributed by atoms with van der Waals surface area (Å²) in [6, 6.07) is 5.56. The van der Waals surface area contributed by atoms with Gasteiger partial charge in [-0.15, -0.1) is 0 Å². The highest BCUT2D eigenvalue weighted by Crippen LogP contribution is 2.29. The van der Waals surface area contributed by atoms with Crippen LogP contribution in [0, 0.1) is 0 Å². The zero-order chi connectivity index (χ0) is 12.0. The van der Waals surface area contributed by atoms with E-state index in [-0.39, 0.29) is 12.3 Å². The summed E-state index contributed by atoms with van der Waals surface area (Å²) in [5, 5.41) is 0. The van der Waals surface area contributed by atoms with Crippen LogP contribution < -0.4 is 15.2 Å². The second-order valence-electron chi connectivity index (χ2n) is 3.38. The van der Waals surface area contributed by atoms with E-state index < -0.39 is 0 Å². The molecule has 0 heterocycles. The van der Waals surface area contributed by atoms with Gasteiger partial charge >= 0.3 is 0 Å². The van der Waals surface area contributed by atoms with E-state index in [0.717, 1.165) is 17.1 Å². The van der Waals surface area contributed by atoms with Crippen molar-refractivity contribution >= 4 is 5.78 Å². The van der Waals surface area contributed by atoms with Crippen LogP contribution in [-0.4, -0.2) is 26.5 Å². The van der Waals surface area contributed by atoms with Crippen LogP contribution in [0.15, 0.2) is 18.2 Å². The molecule has 88 valence electrons. The molecule has 0 radical (unpaired) electrons. The van der Waals surface area contributed by atoms with E-state index >= 15 is 0 Å². The Morgan fingerprint density at radius 1 is 1.25 bits per heavy atom. The Hall–Kier alpha value is -1.55. The summed E-state index contributed by atoms with van der Waals surface area (Å²) in [6.07, 6.45) is 0.996. The number of carbonyl (C=O) groups is 1. The van der Waals surface area contributed by atoms with Gasteiger partial charge in [-0.2, -0.15) is 0 Å². The SMILES string of the molecule is COc1cccc(OC)c1CCC(=O)CN. The molecular formula is C12H17NO3. The summed E-state index contributed by atoms with van der Waals surface area (Å²) in [5.41, 5.74) is 6.18. The zero-order valence-corrected chi connectivity index (χ0v) is 9.66. The first-order chi connectivity index (χ1) is 7.72. The van der Waals surface area contributed by atoms with Gasteiger partial charge in [0.05, 0.1) is 20.8 Å². The van der Waals surface area contributed by atoms with Crippen molar-refractivity contribution in [3.8, 4) is 11.5 Å². The fourth-order valence-electron chi connectivity index (χ4n) is 1.54. The number of ether oxygens (including phenoxy) is 2. The average molecular weight is 223 g/mol. The van der Waals surface area contributed by atoms with Gasteiger partial charge in [-0.3, -0.25) is 4.79 Å². The van der Waals surface area contributed by atoms with E-state index in [0.29, 0.717) is 12.8 Å². The fraction of sp³-hybridized carbons (Fsp3) is 0.417. The van der Waals surface area contributed by atoms with Crippen LogP contribution in [0.4, 0.5) is 0 Å². The number of ketones is 1. The van der Waals surface area contributed by atoms with Crippen molar-refractivity contribution < 1.29 is 14.3 Å². The van der Waals surface area contributed by atoms with Crippen LogP contribution in [-0.2, 0) is 11.2 Å². The predicted molar refractivity (Wildman–Crippen MR) is 61.9 cm³/mol. The van der Waals surface area contributed by atoms with Crippen molar-refractivity contribution in [2.45, 2.75) is 12.8 Å². The fourth-order valence-corrected chi connectivity index (χ4v) is 1.54. The lowest BCUT2D eigenvalue weighted by Gasteiger charge is -2.12. The first-order valence-electron chi connectivity index (χ1n) is 5.14. The van der Waals surface area contributed by atoms with Crippen molar-refractivity contribution in [1.82, 2.24) is 0 Å². The van der Waals surface area contributed by atoms with E-state index in [1.807, 2.05) is 18.2 Å². The van der Waals surface area contributed by atoms with Crippen LogP contribution in [0.3, 0.4) is 0 Å². The summed E-state index contributed by atoms with van der Waals surface area (Å²) in [5.74, 6) is 1.52. The molecule has 16 heavy (non-hydrogen) atoms. The largest absolute Gasteiger partial charge is 0.496 e. The maximum atomic E-state index is 11.2. The van der Waals surface area contributed by atoms with Crippen molar-refractivity contribution in [2.24, 2.45) is 5.73 Å². The molecule has 1 rings (SSSR count).